The number of aromatic nitrogens is 6. The summed E-state index contributed by atoms with van der Waals surface area (Å²) in [6.07, 6.45) is 3.53. The molecule has 2 aromatic carbocycles. The van der Waals surface area contributed by atoms with Gasteiger partial charge in [-0.2, -0.15) is 4.68 Å². The summed E-state index contributed by atoms with van der Waals surface area (Å²) in [6.45, 7) is 3.74. The zero-order chi connectivity index (χ0) is 21.1. The lowest BCUT2D eigenvalue weighted by Gasteiger charge is -2.11. The normalized spacial score (nSPS) is 10.9. The van der Waals surface area contributed by atoms with Crippen LogP contribution in [0.4, 0.5) is 10.1 Å². The molecular formula is C20H18FN7OS. The Bertz CT molecular complexity index is 1200. The van der Waals surface area contributed by atoms with E-state index >= 15 is 0 Å². The molecule has 0 spiro atoms. The molecular weight excluding hydrogens is 405 g/mol. The minimum absolute atomic E-state index is 0.0650. The van der Waals surface area contributed by atoms with Crippen molar-refractivity contribution in [2.75, 3.05) is 11.1 Å². The Balaban J connectivity index is 1.46. The van der Waals surface area contributed by atoms with Crippen LogP contribution in [0.15, 0.2) is 60.0 Å². The fourth-order valence-corrected chi connectivity index (χ4v) is 3.71. The number of amides is 1. The molecule has 0 radical (unpaired) electrons. The summed E-state index contributed by atoms with van der Waals surface area (Å²) >= 11 is 1.27. The van der Waals surface area contributed by atoms with Crippen LogP contribution in [0.1, 0.15) is 11.4 Å². The van der Waals surface area contributed by atoms with Crippen LogP contribution in [0.5, 0.6) is 0 Å². The van der Waals surface area contributed by atoms with E-state index in [-0.39, 0.29) is 17.3 Å². The fraction of sp³-hybridized carbons (Fsp3) is 0.150. The topological polar surface area (TPSA) is 90.5 Å². The van der Waals surface area contributed by atoms with Gasteiger partial charge in [0.2, 0.25) is 5.91 Å². The Labute approximate surface area is 176 Å². The van der Waals surface area contributed by atoms with Crippen molar-refractivity contribution in [2.24, 2.45) is 0 Å². The molecule has 10 heteroatoms. The number of thioether (sulfide) groups is 1. The second-order valence-corrected chi connectivity index (χ2v) is 7.45. The smallest absolute Gasteiger partial charge is 0.234 e. The third-order valence-electron chi connectivity index (χ3n) is 4.41. The number of carbonyl (C=O) groups is 1. The Hall–Kier alpha value is -3.53. The maximum Gasteiger partial charge on any atom is 0.234 e. The van der Waals surface area contributed by atoms with E-state index in [0.29, 0.717) is 16.7 Å². The van der Waals surface area contributed by atoms with Crippen LogP contribution >= 0.6 is 11.8 Å². The molecule has 30 heavy (non-hydrogen) atoms. The molecule has 152 valence electrons. The molecule has 0 atom stereocenters. The zero-order valence-electron chi connectivity index (χ0n) is 16.3. The average Bonchev–Trinajstić information content (AvgIpc) is 3.37. The lowest BCUT2D eigenvalue weighted by atomic mass is 10.2. The molecule has 0 saturated heterocycles. The van der Waals surface area contributed by atoms with Gasteiger partial charge in [0.25, 0.3) is 0 Å². The van der Waals surface area contributed by atoms with E-state index in [1.54, 1.807) is 19.2 Å². The Morgan fingerprint density at radius 2 is 2.03 bits per heavy atom. The van der Waals surface area contributed by atoms with Gasteiger partial charge in [-0.05, 0) is 54.1 Å². The van der Waals surface area contributed by atoms with Crippen molar-refractivity contribution in [1.82, 2.24) is 29.8 Å². The molecule has 0 aliphatic rings. The SMILES string of the molecule is Cc1ccccc1-n1ccnc1SCC(=O)Nc1cc(-n2nnnc2C)ccc1F. The summed E-state index contributed by atoms with van der Waals surface area (Å²) in [7, 11) is 0. The number of tetrazole rings is 1. The van der Waals surface area contributed by atoms with E-state index in [1.165, 1.54) is 28.6 Å². The molecule has 1 amide bonds. The summed E-state index contributed by atoms with van der Waals surface area (Å²) in [4.78, 5) is 16.8. The number of para-hydroxylation sites is 1. The highest BCUT2D eigenvalue weighted by Gasteiger charge is 2.13. The van der Waals surface area contributed by atoms with Gasteiger partial charge in [-0.1, -0.05) is 30.0 Å². The largest absolute Gasteiger partial charge is 0.323 e. The van der Waals surface area contributed by atoms with Gasteiger partial charge >= 0.3 is 0 Å². The first-order valence-electron chi connectivity index (χ1n) is 9.10. The number of nitrogens with one attached hydrogen (secondary N) is 1. The molecule has 0 aliphatic heterocycles. The first kappa shape index (κ1) is 19.8. The van der Waals surface area contributed by atoms with Crippen molar-refractivity contribution in [3.8, 4) is 11.4 Å². The Morgan fingerprint density at radius 3 is 2.80 bits per heavy atom. The first-order valence-corrected chi connectivity index (χ1v) is 10.1. The van der Waals surface area contributed by atoms with E-state index < -0.39 is 5.82 Å². The van der Waals surface area contributed by atoms with Crippen LogP contribution in [0.3, 0.4) is 0 Å². The number of nitrogens with zero attached hydrogens (tertiary/aromatic N) is 6. The van der Waals surface area contributed by atoms with Gasteiger partial charge in [-0.3, -0.25) is 9.36 Å². The molecule has 1 N–H and O–H groups in total. The minimum Gasteiger partial charge on any atom is -0.323 e. The molecule has 2 aromatic heterocycles. The monoisotopic (exact) mass is 423 g/mol. The van der Waals surface area contributed by atoms with Gasteiger partial charge < -0.3 is 5.32 Å². The number of anilines is 1. The van der Waals surface area contributed by atoms with Crippen molar-refractivity contribution in [1.29, 1.82) is 0 Å². The molecule has 0 saturated carbocycles. The van der Waals surface area contributed by atoms with Crippen molar-refractivity contribution in [2.45, 2.75) is 19.0 Å². The van der Waals surface area contributed by atoms with E-state index in [9.17, 15) is 9.18 Å². The maximum atomic E-state index is 14.2. The molecule has 0 fully saturated rings. The van der Waals surface area contributed by atoms with Crippen LogP contribution in [0, 0.1) is 19.7 Å². The van der Waals surface area contributed by atoms with E-state index in [2.05, 4.69) is 25.8 Å². The lowest BCUT2D eigenvalue weighted by Crippen LogP contribution is -2.16. The highest BCUT2D eigenvalue weighted by atomic mass is 32.2. The number of aryl methyl sites for hydroxylation is 2. The van der Waals surface area contributed by atoms with Crippen LogP contribution in [-0.2, 0) is 4.79 Å². The second kappa shape index (κ2) is 8.46. The van der Waals surface area contributed by atoms with Crippen molar-refractivity contribution < 1.29 is 9.18 Å². The van der Waals surface area contributed by atoms with Crippen molar-refractivity contribution in [3.63, 3.8) is 0 Å². The maximum absolute atomic E-state index is 14.2. The molecule has 4 rings (SSSR count). The number of carbonyl (C=O) groups excluding carboxylic acids is 1. The molecule has 8 nitrogen and oxygen atoms in total. The number of halogens is 1. The predicted molar refractivity (Wildman–Crippen MR) is 112 cm³/mol. The molecule has 0 unspecified atom stereocenters. The van der Waals surface area contributed by atoms with Crippen LogP contribution in [-0.4, -0.2) is 41.4 Å². The van der Waals surface area contributed by atoms with E-state index in [1.807, 2.05) is 42.0 Å². The summed E-state index contributed by atoms with van der Waals surface area (Å²) in [5.74, 6) is -0.248. The van der Waals surface area contributed by atoms with Crippen LogP contribution < -0.4 is 5.32 Å². The highest BCUT2D eigenvalue weighted by molar-refractivity contribution is 7.99. The molecule has 0 bridgehead atoms. The number of hydrogen-bond acceptors (Lipinski definition) is 6. The Morgan fingerprint density at radius 1 is 1.20 bits per heavy atom. The van der Waals surface area contributed by atoms with E-state index in [0.717, 1.165) is 11.3 Å². The van der Waals surface area contributed by atoms with Gasteiger partial charge in [0.05, 0.1) is 22.8 Å². The summed E-state index contributed by atoms with van der Waals surface area (Å²) in [6, 6.07) is 12.2. The van der Waals surface area contributed by atoms with Gasteiger partial charge in [0.15, 0.2) is 11.0 Å². The third-order valence-corrected chi connectivity index (χ3v) is 5.37. The zero-order valence-corrected chi connectivity index (χ0v) is 17.1. The van der Waals surface area contributed by atoms with E-state index in [4.69, 9.17) is 0 Å². The van der Waals surface area contributed by atoms with Gasteiger partial charge in [0.1, 0.15) is 5.82 Å². The minimum atomic E-state index is -0.538. The summed E-state index contributed by atoms with van der Waals surface area (Å²) in [5, 5.41) is 14.5. The molecule has 4 aromatic rings. The highest BCUT2D eigenvalue weighted by Crippen LogP contribution is 2.24. The van der Waals surface area contributed by atoms with Gasteiger partial charge in [-0.15, -0.1) is 5.10 Å². The predicted octanol–water partition coefficient (Wildman–Crippen LogP) is 3.33. The molecule has 0 aliphatic carbocycles. The van der Waals surface area contributed by atoms with Crippen LogP contribution in [0.25, 0.3) is 11.4 Å². The number of rotatable bonds is 6. The number of benzene rings is 2. The van der Waals surface area contributed by atoms with Gasteiger partial charge in [-0.25, -0.2) is 9.37 Å². The quantitative estimate of drug-likeness (QED) is 0.479. The van der Waals surface area contributed by atoms with Crippen molar-refractivity contribution >= 4 is 23.4 Å². The summed E-state index contributed by atoms with van der Waals surface area (Å²) < 4.78 is 17.6. The Kier molecular flexibility index (Phi) is 5.57. The van der Waals surface area contributed by atoms with Crippen molar-refractivity contribution in [3.05, 3.63) is 72.1 Å². The molecule has 2 heterocycles. The number of imidazole rings is 1. The standard InChI is InChI=1S/C20H18FN7OS/c1-13-5-3-4-6-18(13)27-10-9-22-20(27)30-12-19(29)23-17-11-15(7-8-16(17)21)28-14(2)24-25-26-28/h3-11H,12H2,1-2H3,(H,23,29). The third kappa shape index (κ3) is 4.08. The number of hydrogen-bond donors (Lipinski definition) is 1. The summed E-state index contributed by atoms with van der Waals surface area (Å²) in [5.41, 5.74) is 2.71. The first-order chi connectivity index (χ1) is 14.5. The second-order valence-electron chi connectivity index (χ2n) is 6.51. The van der Waals surface area contributed by atoms with Gasteiger partial charge in [0, 0.05) is 12.4 Å². The average molecular weight is 423 g/mol. The van der Waals surface area contributed by atoms with Crippen LogP contribution in [0.2, 0.25) is 0 Å². The lowest BCUT2D eigenvalue weighted by molar-refractivity contribution is -0.113. The fourth-order valence-electron chi connectivity index (χ4n) is 2.94.